The molecule has 3 aliphatic rings. The molecule has 3 nitrogen and oxygen atoms in total. The van der Waals surface area contributed by atoms with E-state index in [4.69, 9.17) is 5.11 Å². The first-order valence-electron chi connectivity index (χ1n) is 7.96. The van der Waals surface area contributed by atoms with Gasteiger partial charge in [-0.05, 0) is 57.0 Å². The fourth-order valence-electron chi connectivity index (χ4n) is 4.45. The molecule has 0 aliphatic carbocycles. The van der Waals surface area contributed by atoms with Gasteiger partial charge >= 0.3 is 0 Å². The third-order valence-electron chi connectivity index (χ3n) is 5.33. The topological polar surface area (TPSA) is 26.7 Å². The average Bonchev–Trinajstić information content (AvgIpc) is 2.91. The van der Waals surface area contributed by atoms with E-state index in [1.165, 1.54) is 64.8 Å². The molecule has 3 saturated heterocycles. The van der Waals surface area contributed by atoms with Crippen molar-refractivity contribution in [2.45, 2.75) is 44.6 Å². The summed E-state index contributed by atoms with van der Waals surface area (Å²) >= 11 is 0. The van der Waals surface area contributed by atoms with Crippen molar-refractivity contribution in [1.29, 1.82) is 0 Å². The first-order chi connectivity index (χ1) is 8.88. The summed E-state index contributed by atoms with van der Waals surface area (Å²) in [6.45, 7) is 7.07. The molecule has 0 aromatic carbocycles. The Hall–Kier alpha value is -0.120. The number of hydrogen-bond donors (Lipinski definition) is 1. The highest BCUT2D eigenvalue weighted by molar-refractivity contribution is 5.00. The molecule has 0 aromatic rings. The molecule has 3 aliphatic heterocycles. The van der Waals surface area contributed by atoms with E-state index in [1.807, 2.05) is 0 Å². The Morgan fingerprint density at radius 3 is 2.83 bits per heavy atom. The minimum absolute atomic E-state index is 0.363. The Morgan fingerprint density at radius 2 is 1.94 bits per heavy atom. The summed E-state index contributed by atoms with van der Waals surface area (Å²) in [5.41, 5.74) is 0. The fraction of sp³-hybridized carbons (Fsp3) is 1.00. The molecular formula is C15H28N2O. The van der Waals surface area contributed by atoms with Gasteiger partial charge in [0.05, 0.1) is 0 Å². The second-order valence-corrected chi connectivity index (χ2v) is 6.53. The summed E-state index contributed by atoms with van der Waals surface area (Å²) in [4.78, 5) is 5.47. The first kappa shape index (κ1) is 12.9. The summed E-state index contributed by atoms with van der Waals surface area (Å²) in [6.07, 6.45) is 7.80. The third kappa shape index (κ3) is 2.59. The van der Waals surface area contributed by atoms with Crippen LogP contribution in [0.2, 0.25) is 0 Å². The highest BCUT2D eigenvalue weighted by Gasteiger charge is 2.46. The molecule has 0 saturated carbocycles. The van der Waals surface area contributed by atoms with Gasteiger partial charge in [0.1, 0.15) is 0 Å². The van der Waals surface area contributed by atoms with Crippen LogP contribution in [0, 0.1) is 11.8 Å². The lowest BCUT2D eigenvalue weighted by molar-refractivity contribution is 0.153. The molecule has 3 fully saturated rings. The van der Waals surface area contributed by atoms with Crippen LogP contribution in [-0.2, 0) is 0 Å². The number of piperidine rings is 1. The van der Waals surface area contributed by atoms with E-state index in [1.54, 1.807) is 0 Å². The van der Waals surface area contributed by atoms with Crippen molar-refractivity contribution in [3.63, 3.8) is 0 Å². The number of likely N-dealkylation sites (tertiary alicyclic amines) is 1. The number of hydrogen-bond acceptors (Lipinski definition) is 3. The van der Waals surface area contributed by atoms with Crippen LogP contribution in [0.4, 0.5) is 0 Å². The quantitative estimate of drug-likeness (QED) is 0.752. The minimum atomic E-state index is 0.363. The number of fused-ring (bicyclic) bond motifs is 3. The third-order valence-corrected chi connectivity index (χ3v) is 5.33. The standard InChI is InChI=1S/C15H28N2O/c18-9-5-1-3-7-16-10-13-11-17-8-4-2-6-15(17)14(13)12-16/h13-15,18H,1-12H2/t13-,14-,15-/m1/s1. The molecule has 18 heavy (non-hydrogen) atoms. The van der Waals surface area contributed by atoms with E-state index in [9.17, 15) is 0 Å². The first-order valence-corrected chi connectivity index (χ1v) is 7.96. The molecule has 1 N–H and O–H groups in total. The number of aliphatic hydroxyl groups excluding tert-OH is 1. The van der Waals surface area contributed by atoms with Crippen molar-refractivity contribution in [1.82, 2.24) is 9.80 Å². The van der Waals surface area contributed by atoms with Gasteiger partial charge in [0.25, 0.3) is 0 Å². The summed E-state index contributed by atoms with van der Waals surface area (Å²) < 4.78 is 0. The lowest BCUT2D eigenvalue weighted by Gasteiger charge is -2.33. The number of nitrogens with zero attached hydrogens (tertiary/aromatic N) is 2. The highest BCUT2D eigenvalue weighted by atomic mass is 16.2. The van der Waals surface area contributed by atoms with Gasteiger partial charge in [-0.1, -0.05) is 6.42 Å². The van der Waals surface area contributed by atoms with Crippen LogP contribution in [0.15, 0.2) is 0 Å². The molecule has 0 spiro atoms. The molecule has 104 valence electrons. The van der Waals surface area contributed by atoms with Gasteiger partial charge in [-0.25, -0.2) is 0 Å². The fourth-order valence-corrected chi connectivity index (χ4v) is 4.45. The number of aliphatic hydroxyl groups is 1. The van der Waals surface area contributed by atoms with Crippen LogP contribution >= 0.6 is 0 Å². The van der Waals surface area contributed by atoms with E-state index in [-0.39, 0.29) is 0 Å². The molecule has 3 rings (SSSR count). The lowest BCUT2D eigenvalue weighted by atomic mass is 9.90. The Bertz CT molecular complexity index is 271. The van der Waals surface area contributed by atoms with Crippen molar-refractivity contribution < 1.29 is 5.11 Å². The molecule has 0 radical (unpaired) electrons. The maximum Gasteiger partial charge on any atom is 0.0431 e. The van der Waals surface area contributed by atoms with Crippen molar-refractivity contribution in [2.24, 2.45) is 11.8 Å². The second-order valence-electron chi connectivity index (χ2n) is 6.53. The van der Waals surface area contributed by atoms with Crippen LogP contribution in [0.25, 0.3) is 0 Å². The summed E-state index contributed by atoms with van der Waals surface area (Å²) in [7, 11) is 0. The van der Waals surface area contributed by atoms with Gasteiger partial charge in [0, 0.05) is 32.3 Å². The van der Waals surface area contributed by atoms with Gasteiger partial charge in [0.15, 0.2) is 0 Å². The predicted octanol–water partition coefficient (Wildman–Crippen LogP) is 1.57. The maximum atomic E-state index is 8.80. The van der Waals surface area contributed by atoms with Crippen molar-refractivity contribution in [3.8, 4) is 0 Å². The van der Waals surface area contributed by atoms with Crippen molar-refractivity contribution >= 4 is 0 Å². The highest BCUT2D eigenvalue weighted by Crippen LogP contribution is 2.40. The van der Waals surface area contributed by atoms with Crippen LogP contribution in [-0.4, -0.2) is 60.3 Å². The van der Waals surface area contributed by atoms with Gasteiger partial charge in [-0.2, -0.15) is 0 Å². The van der Waals surface area contributed by atoms with Gasteiger partial charge in [0.2, 0.25) is 0 Å². The zero-order valence-corrected chi connectivity index (χ0v) is 11.6. The zero-order chi connectivity index (χ0) is 12.4. The minimum Gasteiger partial charge on any atom is -0.396 e. The Kier molecular flexibility index (Phi) is 4.22. The number of unbranched alkanes of at least 4 members (excludes halogenated alkanes) is 2. The summed E-state index contributed by atoms with van der Waals surface area (Å²) in [5, 5.41) is 8.80. The van der Waals surface area contributed by atoms with Crippen LogP contribution in [0.3, 0.4) is 0 Å². The van der Waals surface area contributed by atoms with E-state index in [0.717, 1.165) is 24.3 Å². The number of rotatable bonds is 5. The van der Waals surface area contributed by atoms with Crippen LogP contribution < -0.4 is 0 Å². The monoisotopic (exact) mass is 252 g/mol. The lowest BCUT2D eigenvalue weighted by Crippen LogP contribution is -2.39. The van der Waals surface area contributed by atoms with E-state index < -0.39 is 0 Å². The molecule has 0 aromatic heterocycles. The molecule has 3 heterocycles. The van der Waals surface area contributed by atoms with Crippen molar-refractivity contribution in [2.75, 3.05) is 39.3 Å². The van der Waals surface area contributed by atoms with E-state index in [0.29, 0.717) is 6.61 Å². The van der Waals surface area contributed by atoms with Gasteiger partial charge < -0.3 is 10.0 Å². The summed E-state index contributed by atoms with van der Waals surface area (Å²) in [5.74, 6) is 1.94. The molecular weight excluding hydrogens is 224 g/mol. The van der Waals surface area contributed by atoms with Gasteiger partial charge in [-0.3, -0.25) is 4.90 Å². The molecule has 3 heteroatoms. The van der Waals surface area contributed by atoms with Crippen LogP contribution in [0.1, 0.15) is 38.5 Å². The summed E-state index contributed by atoms with van der Waals surface area (Å²) in [6, 6.07) is 0.922. The Labute approximate surface area is 111 Å². The maximum absolute atomic E-state index is 8.80. The SMILES string of the molecule is OCCCCCN1C[C@@H]2CN3CCCC[C@@H]3[C@@H]2C1. The largest absolute Gasteiger partial charge is 0.396 e. The molecule has 0 unspecified atom stereocenters. The average molecular weight is 252 g/mol. The van der Waals surface area contributed by atoms with E-state index >= 15 is 0 Å². The molecule has 3 atom stereocenters. The normalized spacial score (nSPS) is 36.8. The second kappa shape index (κ2) is 5.89. The zero-order valence-electron chi connectivity index (χ0n) is 11.6. The molecule has 0 amide bonds. The smallest absolute Gasteiger partial charge is 0.0431 e. The van der Waals surface area contributed by atoms with Crippen molar-refractivity contribution in [3.05, 3.63) is 0 Å². The van der Waals surface area contributed by atoms with Gasteiger partial charge in [-0.15, -0.1) is 0 Å². The Morgan fingerprint density at radius 1 is 1.00 bits per heavy atom. The predicted molar refractivity (Wildman–Crippen MR) is 73.6 cm³/mol. The molecule has 0 bridgehead atoms. The van der Waals surface area contributed by atoms with Crippen LogP contribution in [0.5, 0.6) is 0 Å². The Balaban J connectivity index is 1.45. The van der Waals surface area contributed by atoms with E-state index in [2.05, 4.69) is 9.80 Å².